The standard InChI is InChI=1S/C14H18O2/c1-3-16-14-7-5-4-6-12(14)11-8-9-13(15)10(11)2/h4-7,10-11H,3,8-9H2,1-2H3. The number of carbonyl (C=O) groups is 1. The van der Waals surface area contributed by atoms with E-state index in [2.05, 4.69) is 6.07 Å². The highest BCUT2D eigenvalue weighted by atomic mass is 16.5. The molecule has 2 heteroatoms. The Morgan fingerprint density at radius 2 is 2.12 bits per heavy atom. The van der Waals surface area contributed by atoms with Crippen LogP contribution in [0.2, 0.25) is 0 Å². The molecule has 1 aliphatic carbocycles. The Balaban J connectivity index is 2.29. The molecular weight excluding hydrogens is 200 g/mol. The Kier molecular flexibility index (Phi) is 3.28. The Morgan fingerprint density at radius 1 is 1.38 bits per heavy atom. The Hall–Kier alpha value is -1.31. The first kappa shape index (κ1) is 11.2. The van der Waals surface area contributed by atoms with Gasteiger partial charge >= 0.3 is 0 Å². The first-order chi connectivity index (χ1) is 7.74. The largest absolute Gasteiger partial charge is 0.494 e. The van der Waals surface area contributed by atoms with Gasteiger partial charge in [0.1, 0.15) is 11.5 Å². The van der Waals surface area contributed by atoms with Gasteiger partial charge in [0, 0.05) is 12.3 Å². The fourth-order valence-corrected chi connectivity index (χ4v) is 2.50. The van der Waals surface area contributed by atoms with Gasteiger partial charge in [-0.3, -0.25) is 4.79 Å². The fraction of sp³-hybridized carbons (Fsp3) is 0.500. The highest BCUT2D eigenvalue weighted by Gasteiger charge is 2.33. The molecule has 2 nitrogen and oxygen atoms in total. The number of rotatable bonds is 3. The van der Waals surface area contributed by atoms with E-state index < -0.39 is 0 Å². The molecule has 2 atom stereocenters. The minimum absolute atomic E-state index is 0.140. The zero-order valence-corrected chi connectivity index (χ0v) is 9.90. The van der Waals surface area contributed by atoms with Crippen LogP contribution < -0.4 is 4.74 Å². The average molecular weight is 218 g/mol. The van der Waals surface area contributed by atoms with Crippen LogP contribution in [0.25, 0.3) is 0 Å². The van der Waals surface area contributed by atoms with Crippen LogP contribution in [0.5, 0.6) is 5.75 Å². The van der Waals surface area contributed by atoms with Crippen LogP contribution >= 0.6 is 0 Å². The average Bonchev–Trinajstić information content (AvgIpc) is 2.61. The molecule has 0 amide bonds. The SMILES string of the molecule is CCOc1ccccc1C1CCC(=O)C1C. The normalized spacial score (nSPS) is 24.8. The molecule has 0 spiro atoms. The number of ketones is 1. The molecule has 0 N–H and O–H groups in total. The van der Waals surface area contributed by atoms with Crippen molar-refractivity contribution < 1.29 is 9.53 Å². The summed E-state index contributed by atoms with van der Waals surface area (Å²) in [6.07, 6.45) is 1.68. The number of Topliss-reactive ketones (excluding diaryl/α,β-unsaturated/α-hetero) is 1. The predicted octanol–water partition coefficient (Wildman–Crippen LogP) is 3.17. The van der Waals surface area contributed by atoms with Gasteiger partial charge in [0.2, 0.25) is 0 Å². The fourth-order valence-electron chi connectivity index (χ4n) is 2.50. The van der Waals surface area contributed by atoms with Crippen LogP contribution in [0.1, 0.15) is 38.2 Å². The maximum Gasteiger partial charge on any atom is 0.136 e. The predicted molar refractivity (Wildman–Crippen MR) is 63.8 cm³/mol. The summed E-state index contributed by atoms with van der Waals surface area (Å²) in [5.74, 6) is 1.81. The number of benzene rings is 1. The summed E-state index contributed by atoms with van der Waals surface area (Å²) in [5, 5.41) is 0. The molecule has 0 aliphatic heterocycles. The van der Waals surface area contributed by atoms with Crippen LogP contribution in [0.4, 0.5) is 0 Å². The molecule has 1 aliphatic rings. The van der Waals surface area contributed by atoms with Crippen LogP contribution in [0.3, 0.4) is 0 Å². The maximum absolute atomic E-state index is 11.6. The molecule has 1 aromatic carbocycles. The van der Waals surface area contributed by atoms with Gasteiger partial charge in [-0.05, 0) is 30.9 Å². The summed E-state index contributed by atoms with van der Waals surface area (Å²) in [6, 6.07) is 8.09. The van der Waals surface area contributed by atoms with Crippen molar-refractivity contribution in [3.05, 3.63) is 29.8 Å². The summed E-state index contributed by atoms with van der Waals surface area (Å²) in [7, 11) is 0. The maximum atomic E-state index is 11.6. The molecule has 1 saturated carbocycles. The quantitative estimate of drug-likeness (QED) is 0.779. The number of hydrogen-bond acceptors (Lipinski definition) is 2. The van der Waals surface area contributed by atoms with Crippen molar-refractivity contribution in [3.63, 3.8) is 0 Å². The third kappa shape index (κ3) is 1.97. The van der Waals surface area contributed by atoms with Gasteiger partial charge in [0.15, 0.2) is 0 Å². The molecule has 1 aromatic rings. The first-order valence-corrected chi connectivity index (χ1v) is 5.98. The summed E-state index contributed by atoms with van der Waals surface area (Å²) in [6.45, 7) is 4.69. The monoisotopic (exact) mass is 218 g/mol. The third-order valence-electron chi connectivity index (χ3n) is 3.43. The van der Waals surface area contributed by atoms with E-state index in [1.165, 1.54) is 5.56 Å². The van der Waals surface area contributed by atoms with Crippen LogP contribution in [0.15, 0.2) is 24.3 Å². The minimum atomic E-state index is 0.140. The second-order valence-corrected chi connectivity index (χ2v) is 4.37. The van der Waals surface area contributed by atoms with E-state index in [1.54, 1.807) is 0 Å². The van der Waals surface area contributed by atoms with Gasteiger partial charge in [0.05, 0.1) is 6.61 Å². The number of ether oxygens (including phenoxy) is 1. The first-order valence-electron chi connectivity index (χ1n) is 5.98. The Bertz CT molecular complexity index is 384. The summed E-state index contributed by atoms with van der Waals surface area (Å²) in [5.41, 5.74) is 1.20. The minimum Gasteiger partial charge on any atom is -0.494 e. The lowest BCUT2D eigenvalue weighted by molar-refractivity contribution is -0.120. The Labute approximate surface area is 96.6 Å². The molecule has 0 radical (unpaired) electrons. The smallest absolute Gasteiger partial charge is 0.136 e. The van der Waals surface area contributed by atoms with E-state index in [9.17, 15) is 4.79 Å². The van der Waals surface area contributed by atoms with E-state index in [0.29, 0.717) is 24.7 Å². The molecule has 0 heterocycles. The molecular formula is C14H18O2. The van der Waals surface area contributed by atoms with Crippen LogP contribution in [-0.2, 0) is 4.79 Å². The van der Waals surface area contributed by atoms with Crippen LogP contribution in [-0.4, -0.2) is 12.4 Å². The second-order valence-electron chi connectivity index (χ2n) is 4.37. The van der Waals surface area contributed by atoms with Gasteiger partial charge in [-0.2, -0.15) is 0 Å². The van der Waals surface area contributed by atoms with E-state index in [1.807, 2.05) is 32.0 Å². The molecule has 86 valence electrons. The van der Waals surface area contributed by atoms with Crippen molar-refractivity contribution in [1.82, 2.24) is 0 Å². The lowest BCUT2D eigenvalue weighted by Gasteiger charge is -2.18. The molecule has 0 aromatic heterocycles. The Morgan fingerprint density at radius 3 is 2.75 bits per heavy atom. The van der Waals surface area contributed by atoms with Gasteiger partial charge in [-0.1, -0.05) is 25.1 Å². The van der Waals surface area contributed by atoms with Crippen molar-refractivity contribution in [3.8, 4) is 5.75 Å². The van der Waals surface area contributed by atoms with Crippen molar-refractivity contribution in [2.24, 2.45) is 5.92 Å². The van der Waals surface area contributed by atoms with Gasteiger partial charge in [-0.25, -0.2) is 0 Å². The van der Waals surface area contributed by atoms with Crippen molar-refractivity contribution >= 4 is 5.78 Å². The highest BCUT2D eigenvalue weighted by Crippen LogP contribution is 2.40. The van der Waals surface area contributed by atoms with E-state index in [4.69, 9.17) is 4.74 Å². The second kappa shape index (κ2) is 4.69. The molecule has 2 rings (SSSR count). The summed E-state index contributed by atoms with van der Waals surface area (Å²) in [4.78, 5) is 11.6. The summed E-state index contributed by atoms with van der Waals surface area (Å²) < 4.78 is 5.62. The van der Waals surface area contributed by atoms with E-state index in [-0.39, 0.29) is 5.92 Å². The van der Waals surface area contributed by atoms with Gasteiger partial charge in [-0.15, -0.1) is 0 Å². The van der Waals surface area contributed by atoms with Crippen molar-refractivity contribution in [2.75, 3.05) is 6.61 Å². The zero-order valence-electron chi connectivity index (χ0n) is 9.90. The van der Waals surface area contributed by atoms with E-state index >= 15 is 0 Å². The van der Waals surface area contributed by atoms with Gasteiger partial charge in [0.25, 0.3) is 0 Å². The number of hydrogen-bond donors (Lipinski definition) is 0. The van der Waals surface area contributed by atoms with Crippen LogP contribution in [0, 0.1) is 5.92 Å². The molecule has 16 heavy (non-hydrogen) atoms. The van der Waals surface area contributed by atoms with Crippen molar-refractivity contribution in [1.29, 1.82) is 0 Å². The topological polar surface area (TPSA) is 26.3 Å². The lowest BCUT2D eigenvalue weighted by atomic mass is 9.89. The molecule has 0 saturated heterocycles. The highest BCUT2D eigenvalue weighted by molar-refractivity contribution is 5.84. The number of carbonyl (C=O) groups excluding carboxylic acids is 1. The third-order valence-corrected chi connectivity index (χ3v) is 3.43. The van der Waals surface area contributed by atoms with E-state index in [0.717, 1.165) is 12.2 Å². The van der Waals surface area contributed by atoms with Gasteiger partial charge < -0.3 is 4.74 Å². The zero-order chi connectivity index (χ0) is 11.5. The molecule has 2 unspecified atom stereocenters. The molecule has 0 bridgehead atoms. The molecule has 1 fully saturated rings. The summed E-state index contributed by atoms with van der Waals surface area (Å²) >= 11 is 0. The number of para-hydroxylation sites is 1. The van der Waals surface area contributed by atoms with Crippen molar-refractivity contribution in [2.45, 2.75) is 32.6 Å². The lowest BCUT2D eigenvalue weighted by Crippen LogP contribution is -2.10.